The maximum Gasteiger partial charge on any atom is 0.202 e. The fourth-order valence-electron chi connectivity index (χ4n) is 2.30. The van der Waals surface area contributed by atoms with Crippen LogP contribution in [0.25, 0.3) is 0 Å². The molecule has 0 aromatic rings. The summed E-state index contributed by atoms with van der Waals surface area (Å²) < 4.78 is 0. The van der Waals surface area contributed by atoms with Crippen molar-refractivity contribution in [1.82, 2.24) is 0 Å². The van der Waals surface area contributed by atoms with Crippen LogP contribution in [0.2, 0.25) is 0 Å². The van der Waals surface area contributed by atoms with Crippen molar-refractivity contribution in [2.45, 2.75) is 12.8 Å². The van der Waals surface area contributed by atoms with E-state index in [4.69, 9.17) is 0 Å². The molecular weight excluding hydrogens is 116 g/mol. The highest BCUT2D eigenvalue weighted by molar-refractivity contribution is 6.44. The van der Waals surface area contributed by atoms with E-state index in [1.807, 2.05) is 0 Å². The average molecular weight is 122 g/mol. The Morgan fingerprint density at radius 3 is 1.78 bits per heavy atom. The van der Waals surface area contributed by atoms with Crippen LogP contribution in [0.4, 0.5) is 0 Å². The summed E-state index contributed by atoms with van der Waals surface area (Å²) in [4.78, 5) is 21.7. The molecule has 2 heteroatoms. The van der Waals surface area contributed by atoms with E-state index < -0.39 is 0 Å². The van der Waals surface area contributed by atoms with Gasteiger partial charge in [0.25, 0.3) is 0 Å². The maximum atomic E-state index is 10.8. The van der Waals surface area contributed by atoms with E-state index in [9.17, 15) is 9.59 Å². The number of carbonyl (C=O) groups excluding carboxylic acids is 2. The van der Waals surface area contributed by atoms with Crippen LogP contribution in [0.1, 0.15) is 12.8 Å². The van der Waals surface area contributed by atoms with Gasteiger partial charge in [-0.2, -0.15) is 0 Å². The summed E-state index contributed by atoms with van der Waals surface area (Å²) in [5.41, 5.74) is 0.272. The quantitative estimate of drug-likeness (QED) is 0.429. The van der Waals surface area contributed by atoms with Crippen LogP contribution in [-0.2, 0) is 9.59 Å². The van der Waals surface area contributed by atoms with Gasteiger partial charge in [0, 0.05) is 11.8 Å². The number of ketones is 2. The second-order valence-corrected chi connectivity index (χ2v) is 3.48. The molecule has 0 aromatic carbocycles. The number of Topliss-reactive ketones (excluding diaryl/α,β-unsaturated/α-hetero) is 2. The van der Waals surface area contributed by atoms with E-state index >= 15 is 0 Å². The van der Waals surface area contributed by atoms with Crippen molar-refractivity contribution in [3.63, 3.8) is 0 Å². The lowest BCUT2D eigenvalue weighted by atomic mass is 10.2. The molecule has 2 nitrogen and oxygen atoms in total. The van der Waals surface area contributed by atoms with Gasteiger partial charge in [0.2, 0.25) is 11.6 Å². The first kappa shape index (κ1) is 4.20. The van der Waals surface area contributed by atoms with Crippen LogP contribution in [0.15, 0.2) is 0 Å². The monoisotopic (exact) mass is 122 g/mol. The molecule has 0 radical (unpaired) electrons. The van der Waals surface area contributed by atoms with Gasteiger partial charge in [-0.05, 0) is 18.3 Å². The number of hydrogen-bond donors (Lipinski definition) is 0. The van der Waals surface area contributed by atoms with Crippen LogP contribution < -0.4 is 0 Å². The number of hydrogen-bond acceptors (Lipinski definition) is 2. The highest BCUT2D eigenvalue weighted by Gasteiger charge is 2.81. The fourth-order valence-corrected chi connectivity index (χ4v) is 2.30. The van der Waals surface area contributed by atoms with Crippen LogP contribution >= 0.6 is 0 Å². The number of rotatable bonds is 0. The van der Waals surface area contributed by atoms with E-state index in [2.05, 4.69) is 0 Å². The van der Waals surface area contributed by atoms with Crippen molar-refractivity contribution >= 4 is 11.6 Å². The minimum absolute atomic E-state index is 0.0637. The lowest BCUT2D eigenvalue weighted by Gasteiger charge is -1.86. The number of carbonyl (C=O) groups is 2. The first-order chi connectivity index (χ1) is 4.26. The third kappa shape index (κ3) is 0.243. The zero-order chi connectivity index (χ0) is 6.22. The molecule has 2 atom stereocenters. The molecule has 0 bridgehead atoms. The molecule has 0 saturated heterocycles. The Morgan fingerprint density at radius 2 is 1.56 bits per heavy atom. The Labute approximate surface area is 52.2 Å². The molecule has 3 saturated carbocycles. The molecular formula is C7H6O2. The van der Waals surface area contributed by atoms with Gasteiger partial charge in [-0.1, -0.05) is 0 Å². The largest absolute Gasteiger partial charge is 0.291 e. The molecule has 0 aromatic heterocycles. The van der Waals surface area contributed by atoms with Crippen molar-refractivity contribution in [3.05, 3.63) is 0 Å². The molecule has 3 aliphatic rings. The Bertz CT molecular complexity index is 215. The standard InChI is InChI=1S/C7H6O2/c8-5-3-1-7(3)2-4(7)6(5)9/h3-4H,1-2H2/t3-,4-,7?/m1/s1. The smallest absolute Gasteiger partial charge is 0.202 e. The normalized spacial score (nSPS) is 59.1. The van der Waals surface area contributed by atoms with E-state index in [0.29, 0.717) is 0 Å². The predicted octanol–water partition coefficient (Wildman–Crippen LogP) is 0.164. The Hall–Kier alpha value is -0.660. The van der Waals surface area contributed by atoms with E-state index in [0.717, 1.165) is 12.8 Å². The zero-order valence-corrected chi connectivity index (χ0v) is 4.89. The third-order valence-electron chi connectivity index (χ3n) is 3.11. The van der Waals surface area contributed by atoms with E-state index in [1.54, 1.807) is 0 Å². The van der Waals surface area contributed by atoms with Gasteiger partial charge >= 0.3 is 0 Å². The molecule has 3 rings (SSSR count). The molecule has 1 spiro atoms. The first-order valence-electron chi connectivity index (χ1n) is 3.34. The van der Waals surface area contributed by atoms with Crippen molar-refractivity contribution in [2.75, 3.05) is 0 Å². The Morgan fingerprint density at radius 1 is 1.11 bits per heavy atom. The third-order valence-corrected chi connectivity index (χ3v) is 3.11. The summed E-state index contributed by atoms with van der Waals surface area (Å²) in [6.45, 7) is 0. The van der Waals surface area contributed by atoms with Crippen molar-refractivity contribution < 1.29 is 9.59 Å². The topological polar surface area (TPSA) is 34.1 Å². The SMILES string of the molecule is O=C1C(=O)[C@H]2CC23C[C@H]13. The molecule has 0 aliphatic heterocycles. The van der Waals surface area contributed by atoms with Gasteiger partial charge in [0.05, 0.1) is 0 Å². The highest BCUT2D eigenvalue weighted by atomic mass is 16.2. The lowest BCUT2D eigenvalue weighted by molar-refractivity contribution is -0.136. The van der Waals surface area contributed by atoms with E-state index in [1.165, 1.54) is 0 Å². The van der Waals surface area contributed by atoms with Crippen molar-refractivity contribution in [3.8, 4) is 0 Å². The summed E-state index contributed by atoms with van der Waals surface area (Å²) in [5, 5.41) is 0. The van der Waals surface area contributed by atoms with Crippen LogP contribution in [0.3, 0.4) is 0 Å². The molecule has 0 unspecified atom stereocenters. The molecule has 3 aliphatic carbocycles. The minimum atomic E-state index is -0.0637. The Balaban J connectivity index is 2.17. The molecule has 46 valence electrons. The fraction of sp³-hybridized carbons (Fsp3) is 0.714. The van der Waals surface area contributed by atoms with Gasteiger partial charge in [0.1, 0.15) is 0 Å². The first-order valence-corrected chi connectivity index (χ1v) is 3.34. The summed E-state index contributed by atoms with van der Waals surface area (Å²) in [7, 11) is 0. The van der Waals surface area contributed by atoms with Crippen LogP contribution in [0, 0.1) is 17.3 Å². The summed E-state index contributed by atoms with van der Waals surface area (Å²) in [6.07, 6.45) is 2.06. The van der Waals surface area contributed by atoms with Crippen LogP contribution in [0.5, 0.6) is 0 Å². The molecule has 9 heavy (non-hydrogen) atoms. The molecule has 0 amide bonds. The highest BCUT2D eigenvalue weighted by Crippen LogP contribution is 2.79. The lowest BCUT2D eigenvalue weighted by Crippen LogP contribution is -2.12. The average Bonchev–Trinajstić information content (AvgIpc) is 2.66. The Kier molecular flexibility index (Phi) is 0.368. The molecule has 3 fully saturated rings. The molecule has 0 N–H and O–H groups in total. The summed E-state index contributed by atoms with van der Waals surface area (Å²) >= 11 is 0. The van der Waals surface area contributed by atoms with Gasteiger partial charge < -0.3 is 0 Å². The van der Waals surface area contributed by atoms with Gasteiger partial charge in [-0.3, -0.25) is 9.59 Å². The van der Waals surface area contributed by atoms with Crippen molar-refractivity contribution in [1.29, 1.82) is 0 Å². The summed E-state index contributed by atoms with van der Waals surface area (Å²) in [6, 6.07) is 0. The minimum Gasteiger partial charge on any atom is -0.291 e. The van der Waals surface area contributed by atoms with Gasteiger partial charge in [0.15, 0.2) is 0 Å². The molecule has 0 heterocycles. The summed E-state index contributed by atoms with van der Waals surface area (Å²) in [5.74, 6) is 0.252. The van der Waals surface area contributed by atoms with E-state index in [-0.39, 0.29) is 28.8 Å². The predicted molar refractivity (Wildman–Crippen MR) is 28.7 cm³/mol. The second-order valence-electron chi connectivity index (χ2n) is 3.48. The van der Waals surface area contributed by atoms with Crippen LogP contribution in [-0.4, -0.2) is 11.6 Å². The van der Waals surface area contributed by atoms with Gasteiger partial charge in [-0.15, -0.1) is 0 Å². The second kappa shape index (κ2) is 0.789. The van der Waals surface area contributed by atoms with Crippen molar-refractivity contribution in [2.24, 2.45) is 17.3 Å². The maximum absolute atomic E-state index is 10.8. The van der Waals surface area contributed by atoms with Gasteiger partial charge in [-0.25, -0.2) is 0 Å². The zero-order valence-electron chi connectivity index (χ0n) is 4.89.